The van der Waals surface area contributed by atoms with Crippen LogP contribution in [0.2, 0.25) is 0 Å². The molecular weight excluding hydrogens is 392 g/mol. The van der Waals surface area contributed by atoms with E-state index < -0.39 is 12.5 Å². The number of aromatic nitrogens is 1. The number of allylic oxidation sites excluding steroid dienone is 5. The fourth-order valence-electron chi connectivity index (χ4n) is 2.07. The highest BCUT2D eigenvalue weighted by atomic mass is 79.9. The lowest BCUT2D eigenvalue weighted by Gasteiger charge is -2.03. The van der Waals surface area contributed by atoms with Gasteiger partial charge in [0.25, 0.3) is 0 Å². The van der Waals surface area contributed by atoms with Crippen molar-refractivity contribution in [1.82, 2.24) is 4.98 Å². The molecule has 0 unspecified atom stereocenters. The van der Waals surface area contributed by atoms with Gasteiger partial charge in [-0.3, -0.25) is 4.79 Å². The van der Waals surface area contributed by atoms with E-state index in [0.29, 0.717) is 16.4 Å². The van der Waals surface area contributed by atoms with Crippen molar-refractivity contribution in [1.29, 1.82) is 0 Å². The molecule has 0 bridgehead atoms. The van der Waals surface area contributed by atoms with Gasteiger partial charge in [-0.05, 0) is 35.9 Å². The lowest BCUT2D eigenvalue weighted by molar-refractivity contribution is -0.118. The van der Waals surface area contributed by atoms with Gasteiger partial charge >= 0.3 is 0 Å². The lowest BCUT2D eigenvalue weighted by atomic mass is 10.2. The molecule has 3 N–H and O–H groups in total. The second kappa shape index (κ2) is 8.15. The van der Waals surface area contributed by atoms with E-state index in [1.165, 1.54) is 0 Å². The van der Waals surface area contributed by atoms with E-state index in [-0.39, 0.29) is 0 Å². The van der Waals surface area contributed by atoms with Crippen LogP contribution in [0.15, 0.2) is 64.7 Å². The van der Waals surface area contributed by atoms with Crippen LogP contribution in [0.25, 0.3) is 17.0 Å². The maximum Gasteiger partial charge on any atom is 0.250 e. The fraction of sp³-hybridized carbons (Fsp3) is 0.0556. The number of halogens is 2. The number of nitrogens with one attached hydrogen (secondary N) is 2. The standard InChI is InChI=1S/C18H16BrClN2O2/c1-11(3-5-12(2)20)4-8-15-18(22-17(24)10-23)14-7-6-13(19)9-16(14)21-15/h3-9,21,23H,1-2,10H2,(H,22,24)/b5-3-,8-4+. The molecule has 2 rings (SSSR count). The average molecular weight is 408 g/mol. The van der Waals surface area contributed by atoms with Gasteiger partial charge in [-0.1, -0.05) is 52.8 Å². The number of hydrogen-bond acceptors (Lipinski definition) is 2. The molecule has 1 aromatic carbocycles. The summed E-state index contributed by atoms with van der Waals surface area (Å²) in [6, 6.07) is 5.67. The predicted molar refractivity (Wildman–Crippen MR) is 104 cm³/mol. The maximum absolute atomic E-state index is 11.6. The van der Waals surface area contributed by atoms with Gasteiger partial charge in [0.05, 0.1) is 11.4 Å². The molecule has 0 radical (unpaired) electrons. The van der Waals surface area contributed by atoms with Crippen molar-refractivity contribution in [2.75, 3.05) is 11.9 Å². The molecule has 0 saturated heterocycles. The van der Waals surface area contributed by atoms with Gasteiger partial charge in [-0.15, -0.1) is 0 Å². The van der Waals surface area contributed by atoms with E-state index in [1.807, 2.05) is 18.2 Å². The molecule has 1 heterocycles. The van der Waals surface area contributed by atoms with Gasteiger partial charge in [0, 0.05) is 20.4 Å². The van der Waals surface area contributed by atoms with E-state index >= 15 is 0 Å². The molecule has 4 nitrogen and oxygen atoms in total. The Hall–Kier alpha value is -2.08. The predicted octanol–water partition coefficient (Wildman–Crippen LogP) is 4.74. The minimum Gasteiger partial charge on any atom is -0.387 e. The molecule has 1 amide bonds. The number of fused-ring (bicyclic) bond motifs is 1. The highest BCUT2D eigenvalue weighted by Crippen LogP contribution is 2.31. The van der Waals surface area contributed by atoms with Crippen LogP contribution in [-0.4, -0.2) is 22.6 Å². The number of rotatable bonds is 6. The molecule has 24 heavy (non-hydrogen) atoms. The van der Waals surface area contributed by atoms with Crippen LogP contribution in [0.3, 0.4) is 0 Å². The van der Waals surface area contributed by atoms with Crippen molar-refractivity contribution >= 4 is 56.1 Å². The summed E-state index contributed by atoms with van der Waals surface area (Å²) in [7, 11) is 0. The Kier molecular flexibility index (Phi) is 6.20. The Morgan fingerprint density at radius 2 is 2.08 bits per heavy atom. The van der Waals surface area contributed by atoms with Gasteiger partial charge in [0.2, 0.25) is 5.91 Å². The third-order valence-electron chi connectivity index (χ3n) is 3.14. The SMILES string of the molecule is C=C(Cl)/C=C\C(=C)/C=C/c1[nH]c2cc(Br)ccc2c1NC(=O)CO. The quantitative estimate of drug-likeness (QED) is 0.606. The monoisotopic (exact) mass is 406 g/mol. The van der Waals surface area contributed by atoms with E-state index in [2.05, 4.69) is 39.4 Å². The lowest BCUT2D eigenvalue weighted by Crippen LogP contribution is -2.15. The van der Waals surface area contributed by atoms with Crippen LogP contribution < -0.4 is 5.32 Å². The number of aromatic amines is 1. The number of aliphatic hydroxyl groups is 1. The Morgan fingerprint density at radius 1 is 1.33 bits per heavy atom. The Balaban J connectivity index is 2.40. The number of anilines is 1. The first kappa shape index (κ1) is 18.3. The van der Waals surface area contributed by atoms with Gasteiger partial charge in [0.1, 0.15) is 6.61 Å². The highest BCUT2D eigenvalue weighted by Gasteiger charge is 2.12. The van der Waals surface area contributed by atoms with Gasteiger partial charge in [0.15, 0.2) is 0 Å². The molecule has 0 atom stereocenters. The van der Waals surface area contributed by atoms with Gasteiger partial charge < -0.3 is 15.4 Å². The normalized spacial score (nSPS) is 11.5. The highest BCUT2D eigenvalue weighted by molar-refractivity contribution is 9.10. The average Bonchev–Trinajstić information content (AvgIpc) is 2.87. The zero-order chi connectivity index (χ0) is 17.7. The van der Waals surface area contributed by atoms with Crippen molar-refractivity contribution in [2.45, 2.75) is 0 Å². The van der Waals surface area contributed by atoms with Crippen LogP contribution >= 0.6 is 27.5 Å². The van der Waals surface area contributed by atoms with Crippen molar-refractivity contribution in [3.8, 4) is 0 Å². The van der Waals surface area contributed by atoms with Crippen LogP contribution in [-0.2, 0) is 4.79 Å². The molecule has 0 aliphatic heterocycles. The number of aliphatic hydroxyl groups excluding tert-OH is 1. The molecule has 0 saturated carbocycles. The number of carbonyl (C=O) groups is 1. The molecule has 1 aromatic heterocycles. The van der Waals surface area contributed by atoms with Gasteiger partial charge in [-0.2, -0.15) is 0 Å². The summed E-state index contributed by atoms with van der Waals surface area (Å²) in [5, 5.41) is 13.0. The summed E-state index contributed by atoms with van der Waals surface area (Å²) >= 11 is 9.10. The molecule has 2 aromatic rings. The van der Waals surface area contributed by atoms with E-state index in [9.17, 15) is 4.79 Å². The number of benzene rings is 1. The zero-order valence-electron chi connectivity index (χ0n) is 12.8. The van der Waals surface area contributed by atoms with E-state index in [4.69, 9.17) is 16.7 Å². The number of hydrogen-bond donors (Lipinski definition) is 3. The van der Waals surface area contributed by atoms with Crippen molar-refractivity contribution in [3.63, 3.8) is 0 Å². The molecule has 0 aliphatic rings. The van der Waals surface area contributed by atoms with Crippen molar-refractivity contribution in [2.24, 2.45) is 0 Å². The largest absolute Gasteiger partial charge is 0.387 e. The van der Waals surface area contributed by atoms with E-state index in [0.717, 1.165) is 20.9 Å². The van der Waals surface area contributed by atoms with Gasteiger partial charge in [-0.25, -0.2) is 0 Å². The van der Waals surface area contributed by atoms with Crippen LogP contribution in [0.5, 0.6) is 0 Å². The number of H-pyrrole nitrogens is 1. The molecule has 0 fully saturated rings. The summed E-state index contributed by atoms with van der Waals surface area (Å²) in [5.74, 6) is -0.481. The van der Waals surface area contributed by atoms with E-state index in [1.54, 1.807) is 24.3 Å². The fourth-order valence-corrected chi connectivity index (χ4v) is 2.50. The summed E-state index contributed by atoms with van der Waals surface area (Å²) in [5.41, 5.74) is 2.87. The third-order valence-corrected chi connectivity index (χ3v) is 3.76. The smallest absolute Gasteiger partial charge is 0.250 e. The second-order valence-electron chi connectivity index (χ2n) is 5.00. The zero-order valence-corrected chi connectivity index (χ0v) is 15.1. The first-order chi connectivity index (χ1) is 11.4. The molecule has 6 heteroatoms. The molecule has 0 aliphatic carbocycles. The maximum atomic E-state index is 11.6. The topological polar surface area (TPSA) is 65.1 Å². The minimum absolute atomic E-state index is 0.413. The Labute approximate surface area is 153 Å². The summed E-state index contributed by atoms with van der Waals surface area (Å²) in [6.07, 6.45) is 6.96. The van der Waals surface area contributed by atoms with Crippen molar-refractivity contribution < 1.29 is 9.90 Å². The molecular formula is C18H16BrClN2O2. The second-order valence-corrected chi connectivity index (χ2v) is 6.40. The molecule has 0 spiro atoms. The summed E-state index contributed by atoms with van der Waals surface area (Å²) in [4.78, 5) is 14.8. The Bertz CT molecular complexity index is 865. The number of carbonyl (C=O) groups excluding carboxylic acids is 1. The number of amides is 1. The van der Waals surface area contributed by atoms with Crippen LogP contribution in [0.1, 0.15) is 5.69 Å². The minimum atomic E-state index is -0.584. The molecule has 124 valence electrons. The van der Waals surface area contributed by atoms with Crippen molar-refractivity contribution in [3.05, 3.63) is 70.4 Å². The Morgan fingerprint density at radius 3 is 2.75 bits per heavy atom. The summed E-state index contributed by atoms with van der Waals surface area (Å²) < 4.78 is 0.916. The van der Waals surface area contributed by atoms with Crippen LogP contribution in [0, 0.1) is 0 Å². The first-order valence-electron chi connectivity index (χ1n) is 7.02. The van der Waals surface area contributed by atoms with Crippen LogP contribution in [0.4, 0.5) is 5.69 Å². The summed E-state index contributed by atoms with van der Waals surface area (Å²) in [6.45, 7) is 6.88. The third kappa shape index (κ3) is 4.71. The first-order valence-corrected chi connectivity index (χ1v) is 8.19.